The van der Waals surface area contributed by atoms with Crippen LogP contribution in [0.2, 0.25) is 0 Å². The molecule has 2 aromatic carbocycles. The number of methoxy groups -OCH3 is 2. The Bertz CT molecular complexity index is 1030. The summed E-state index contributed by atoms with van der Waals surface area (Å²) in [5, 5.41) is 2.13. The van der Waals surface area contributed by atoms with Crippen molar-refractivity contribution in [3.63, 3.8) is 0 Å². The Morgan fingerprint density at radius 3 is 2.45 bits per heavy atom. The molecule has 0 N–H and O–H groups in total. The maximum atomic E-state index is 13.3. The molecular formula is C23H25FN2O2S. The van der Waals surface area contributed by atoms with Gasteiger partial charge in [-0.05, 0) is 55.3 Å². The summed E-state index contributed by atoms with van der Waals surface area (Å²) in [6, 6.07) is 12.6. The lowest BCUT2D eigenvalue weighted by Gasteiger charge is -2.25. The van der Waals surface area contributed by atoms with E-state index in [4.69, 9.17) is 14.5 Å². The topological polar surface area (TPSA) is 35.8 Å². The second-order valence-corrected chi connectivity index (χ2v) is 8.06. The van der Waals surface area contributed by atoms with Gasteiger partial charge >= 0.3 is 0 Å². The first-order chi connectivity index (χ1) is 14.2. The summed E-state index contributed by atoms with van der Waals surface area (Å²) in [6.45, 7) is 0. The van der Waals surface area contributed by atoms with Gasteiger partial charge < -0.3 is 14.0 Å². The van der Waals surface area contributed by atoms with Gasteiger partial charge in [0.1, 0.15) is 17.3 Å². The lowest BCUT2D eigenvalue weighted by atomic mass is 9.95. The van der Waals surface area contributed by atoms with Crippen LogP contribution in [0.4, 0.5) is 10.1 Å². The molecule has 1 aromatic heterocycles. The van der Waals surface area contributed by atoms with Crippen LogP contribution in [0.25, 0.3) is 11.3 Å². The Hall–Kier alpha value is -2.60. The zero-order valence-corrected chi connectivity index (χ0v) is 17.5. The molecule has 1 fully saturated rings. The van der Waals surface area contributed by atoms with E-state index in [2.05, 4.69) is 9.95 Å². The molecule has 29 heavy (non-hydrogen) atoms. The molecule has 0 bridgehead atoms. The van der Waals surface area contributed by atoms with Crippen LogP contribution in [0.15, 0.2) is 52.8 Å². The monoisotopic (exact) mass is 412 g/mol. The summed E-state index contributed by atoms with van der Waals surface area (Å²) >= 11 is 1.60. The van der Waals surface area contributed by atoms with Gasteiger partial charge in [-0.15, -0.1) is 11.3 Å². The van der Waals surface area contributed by atoms with E-state index in [1.807, 2.05) is 18.2 Å². The average molecular weight is 413 g/mol. The Morgan fingerprint density at radius 2 is 1.76 bits per heavy atom. The third-order valence-corrected chi connectivity index (χ3v) is 6.26. The first-order valence-corrected chi connectivity index (χ1v) is 10.8. The van der Waals surface area contributed by atoms with Crippen molar-refractivity contribution in [1.29, 1.82) is 0 Å². The van der Waals surface area contributed by atoms with Gasteiger partial charge in [0.05, 0.1) is 25.6 Å². The fourth-order valence-electron chi connectivity index (χ4n) is 3.93. The van der Waals surface area contributed by atoms with Crippen LogP contribution >= 0.6 is 11.3 Å². The lowest BCUT2D eigenvalue weighted by molar-refractivity contribution is 0.350. The lowest BCUT2D eigenvalue weighted by Crippen LogP contribution is -2.23. The maximum absolute atomic E-state index is 13.3. The molecule has 6 heteroatoms. The highest BCUT2D eigenvalue weighted by Crippen LogP contribution is 2.37. The molecule has 1 saturated carbocycles. The second-order valence-electron chi connectivity index (χ2n) is 7.22. The summed E-state index contributed by atoms with van der Waals surface area (Å²) in [5.74, 6) is 1.35. The van der Waals surface area contributed by atoms with E-state index in [1.165, 1.54) is 31.4 Å². The minimum absolute atomic E-state index is 0.253. The number of hydrogen-bond acceptors (Lipinski definition) is 4. The summed E-state index contributed by atoms with van der Waals surface area (Å²) < 4.78 is 26.7. The summed E-state index contributed by atoms with van der Waals surface area (Å²) in [5.41, 5.74) is 2.83. The highest BCUT2D eigenvalue weighted by atomic mass is 32.1. The molecule has 4 nitrogen and oxygen atoms in total. The SMILES string of the molecule is COc1ccc(OC)c(-c2csc(=Nc3ccc(F)cc3)n2C2CCCCC2)c1. The summed E-state index contributed by atoms with van der Waals surface area (Å²) in [6.07, 6.45) is 5.99. The van der Waals surface area contributed by atoms with E-state index >= 15 is 0 Å². The number of halogens is 1. The number of ether oxygens (including phenoxy) is 2. The van der Waals surface area contributed by atoms with Crippen molar-refractivity contribution in [2.75, 3.05) is 14.2 Å². The van der Waals surface area contributed by atoms with Crippen molar-refractivity contribution in [3.8, 4) is 22.8 Å². The molecule has 0 saturated heterocycles. The van der Waals surface area contributed by atoms with Crippen molar-refractivity contribution < 1.29 is 13.9 Å². The molecule has 0 amide bonds. The number of aromatic nitrogens is 1. The zero-order chi connectivity index (χ0) is 20.2. The third-order valence-electron chi connectivity index (χ3n) is 5.42. The largest absolute Gasteiger partial charge is 0.497 e. The van der Waals surface area contributed by atoms with Gasteiger partial charge in [-0.3, -0.25) is 0 Å². The van der Waals surface area contributed by atoms with E-state index < -0.39 is 0 Å². The Balaban J connectivity index is 1.89. The number of benzene rings is 2. The van der Waals surface area contributed by atoms with Crippen molar-refractivity contribution in [1.82, 2.24) is 4.57 Å². The van der Waals surface area contributed by atoms with Crippen LogP contribution < -0.4 is 14.3 Å². The van der Waals surface area contributed by atoms with Gasteiger partial charge in [-0.2, -0.15) is 0 Å². The smallest absolute Gasteiger partial charge is 0.190 e. The first-order valence-electron chi connectivity index (χ1n) is 9.92. The predicted octanol–water partition coefficient (Wildman–Crippen LogP) is 6.11. The third kappa shape index (κ3) is 4.22. The van der Waals surface area contributed by atoms with Gasteiger partial charge in [0.25, 0.3) is 0 Å². The quantitative estimate of drug-likeness (QED) is 0.507. The number of hydrogen-bond donors (Lipinski definition) is 0. The van der Waals surface area contributed by atoms with Gasteiger partial charge in [0.15, 0.2) is 4.80 Å². The highest BCUT2D eigenvalue weighted by molar-refractivity contribution is 7.07. The van der Waals surface area contributed by atoms with Crippen LogP contribution in [0.1, 0.15) is 38.1 Å². The first kappa shape index (κ1) is 19.7. The van der Waals surface area contributed by atoms with E-state index in [0.29, 0.717) is 6.04 Å². The van der Waals surface area contributed by atoms with E-state index in [9.17, 15) is 4.39 Å². The normalized spacial score (nSPS) is 15.5. The van der Waals surface area contributed by atoms with E-state index in [-0.39, 0.29) is 5.82 Å². The van der Waals surface area contributed by atoms with Crippen LogP contribution in [0.3, 0.4) is 0 Å². The summed E-state index contributed by atoms with van der Waals surface area (Å²) in [7, 11) is 3.36. The maximum Gasteiger partial charge on any atom is 0.190 e. The standard InChI is InChI=1S/C23H25FN2O2S/c1-27-19-12-13-22(28-2)20(14-19)21-15-29-23(25-17-10-8-16(24)9-11-17)26(21)18-6-4-3-5-7-18/h8-15,18H,3-7H2,1-2H3. The second kappa shape index (κ2) is 8.82. The fourth-order valence-corrected chi connectivity index (χ4v) is 4.91. The van der Waals surface area contributed by atoms with Crippen molar-refractivity contribution in [2.24, 2.45) is 4.99 Å². The molecule has 3 aromatic rings. The Labute approximate surface area is 174 Å². The Kier molecular flexibility index (Phi) is 6.00. The fraction of sp³-hybridized carbons (Fsp3) is 0.348. The molecule has 0 radical (unpaired) electrons. The van der Waals surface area contributed by atoms with Gasteiger partial charge in [0, 0.05) is 17.0 Å². The molecule has 152 valence electrons. The molecule has 0 spiro atoms. The molecular weight excluding hydrogens is 387 g/mol. The zero-order valence-electron chi connectivity index (χ0n) is 16.7. The molecule has 4 rings (SSSR count). The van der Waals surface area contributed by atoms with Crippen molar-refractivity contribution in [3.05, 3.63) is 58.5 Å². The van der Waals surface area contributed by atoms with Crippen LogP contribution in [-0.4, -0.2) is 18.8 Å². The predicted molar refractivity (Wildman–Crippen MR) is 115 cm³/mol. The Morgan fingerprint density at radius 1 is 1.00 bits per heavy atom. The molecule has 0 aliphatic heterocycles. The molecule has 0 atom stereocenters. The van der Waals surface area contributed by atoms with E-state index in [0.717, 1.165) is 46.1 Å². The summed E-state index contributed by atoms with van der Waals surface area (Å²) in [4.78, 5) is 5.76. The number of rotatable bonds is 5. The van der Waals surface area contributed by atoms with Crippen LogP contribution in [0, 0.1) is 5.82 Å². The van der Waals surface area contributed by atoms with E-state index in [1.54, 1.807) is 37.7 Å². The van der Waals surface area contributed by atoms with Crippen LogP contribution in [0.5, 0.6) is 11.5 Å². The highest BCUT2D eigenvalue weighted by Gasteiger charge is 2.22. The molecule has 1 aliphatic rings. The molecule has 1 aliphatic carbocycles. The van der Waals surface area contributed by atoms with Crippen LogP contribution in [-0.2, 0) is 0 Å². The average Bonchev–Trinajstić information content (AvgIpc) is 3.18. The van der Waals surface area contributed by atoms with Gasteiger partial charge in [-0.25, -0.2) is 9.38 Å². The molecule has 1 heterocycles. The number of nitrogens with zero attached hydrogens (tertiary/aromatic N) is 2. The van der Waals surface area contributed by atoms with Crippen molar-refractivity contribution in [2.45, 2.75) is 38.1 Å². The van der Waals surface area contributed by atoms with Gasteiger partial charge in [-0.1, -0.05) is 19.3 Å². The minimum atomic E-state index is -0.253. The van der Waals surface area contributed by atoms with Gasteiger partial charge in [0.2, 0.25) is 0 Å². The molecule has 0 unspecified atom stereocenters. The van der Waals surface area contributed by atoms with Crippen molar-refractivity contribution >= 4 is 17.0 Å². The number of thiazole rings is 1. The minimum Gasteiger partial charge on any atom is -0.497 e.